The van der Waals surface area contributed by atoms with E-state index in [0.29, 0.717) is 28.2 Å². The molecule has 2 aromatic heterocycles. The van der Waals surface area contributed by atoms with Crippen molar-refractivity contribution in [3.8, 4) is 34.0 Å². The van der Waals surface area contributed by atoms with Crippen LogP contribution in [-0.2, 0) is 0 Å². The van der Waals surface area contributed by atoms with E-state index in [1.807, 2.05) is 0 Å². The first-order valence-electron chi connectivity index (χ1n) is 7.83. The highest BCUT2D eigenvalue weighted by Crippen LogP contribution is 2.33. The first-order valence-corrected chi connectivity index (χ1v) is 7.83. The van der Waals surface area contributed by atoms with Crippen molar-refractivity contribution in [1.29, 1.82) is 0 Å². The number of aromatic hydroxyl groups is 1. The first kappa shape index (κ1) is 18.8. The highest BCUT2D eigenvalue weighted by atomic mass is 19.1. The molecule has 10 heteroatoms. The van der Waals surface area contributed by atoms with E-state index in [-0.39, 0.29) is 11.6 Å². The van der Waals surface area contributed by atoms with Crippen molar-refractivity contribution in [2.45, 2.75) is 5.30 Å². The fourth-order valence-electron chi connectivity index (χ4n) is 2.41. The molecule has 0 atom stereocenters. The van der Waals surface area contributed by atoms with Crippen molar-refractivity contribution in [1.82, 2.24) is 15.2 Å². The number of halogens is 1. The van der Waals surface area contributed by atoms with E-state index in [0.717, 1.165) is 0 Å². The van der Waals surface area contributed by atoms with Crippen molar-refractivity contribution in [3.05, 3.63) is 48.4 Å². The third-order valence-electron chi connectivity index (χ3n) is 3.58. The number of nitrogens with one attached hydrogen (secondary N) is 1. The first-order chi connectivity index (χ1) is 12.7. The summed E-state index contributed by atoms with van der Waals surface area (Å²) < 4.78 is 18.8. The number of rotatable bonds is 5. The van der Waals surface area contributed by atoms with Gasteiger partial charge in [-0.15, -0.1) is 10.2 Å². The standard InChI is InChI=1S/C17H12B3FN4O2/c1-22-15-5-4-12(24-25-15)11-3-2-9(6-13(11)26)10-7-14(21)23-16(8-10)27-17(18,19)20/h2-8,26H,1H3,(H,22,25). The van der Waals surface area contributed by atoms with Crippen molar-refractivity contribution in [2.75, 3.05) is 12.4 Å². The summed E-state index contributed by atoms with van der Waals surface area (Å²) in [6.45, 7) is 0. The van der Waals surface area contributed by atoms with Gasteiger partial charge in [-0.25, -0.2) is 0 Å². The number of aromatic nitrogens is 3. The number of nitrogens with zero attached hydrogens (tertiary/aromatic N) is 3. The molecule has 3 aromatic rings. The van der Waals surface area contributed by atoms with E-state index >= 15 is 0 Å². The van der Waals surface area contributed by atoms with Crippen LogP contribution in [0.2, 0.25) is 0 Å². The molecule has 0 unspecified atom stereocenters. The topological polar surface area (TPSA) is 80.2 Å². The number of anilines is 1. The summed E-state index contributed by atoms with van der Waals surface area (Å²) in [6.07, 6.45) is 0. The lowest BCUT2D eigenvalue weighted by Crippen LogP contribution is -2.37. The van der Waals surface area contributed by atoms with Crippen LogP contribution < -0.4 is 10.1 Å². The highest BCUT2D eigenvalue weighted by Gasteiger charge is 2.15. The van der Waals surface area contributed by atoms with Gasteiger partial charge in [-0.05, 0) is 40.7 Å². The predicted molar refractivity (Wildman–Crippen MR) is 102 cm³/mol. The molecule has 0 aliphatic heterocycles. The molecule has 0 spiro atoms. The van der Waals surface area contributed by atoms with E-state index in [2.05, 4.69) is 20.5 Å². The maximum atomic E-state index is 13.8. The molecule has 0 aliphatic carbocycles. The van der Waals surface area contributed by atoms with Gasteiger partial charge >= 0.3 is 0 Å². The van der Waals surface area contributed by atoms with Gasteiger partial charge in [0.2, 0.25) is 11.8 Å². The Labute approximate surface area is 159 Å². The van der Waals surface area contributed by atoms with Crippen LogP contribution in [0, 0.1) is 5.95 Å². The van der Waals surface area contributed by atoms with Crippen LogP contribution in [0.25, 0.3) is 22.4 Å². The number of phenols is 1. The number of ether oxygens (including phenoxy) is 1. The monoisotopic (exact) mass is 356 g/mol. The Bertz CT molecular complexity index is 965. The second kappa shape index (κ2) is 7.30. The van der Waals surface area contributed by atoms with Crippen LogP contribution in [0.15, 0.2) is 42.5 Å². The van der Waals surface area contributed by atoms with Gasteiger partial charge in [0.15, 0.2) is 0 Å². The Kier molecular flexibility index (Phi) is 5.07. The lowest BCUT2D eigenvalue weighted by Gasteiger charge is -2.22. The summed E-state index contributed by atoms with van der Waals surface area (Å²) in [6, 6.07) is 10.8. The smallest absolute Gasteiger partial charge is 0.216 e. The van der Waals surface area contributed by atoms with Gasteiger partial charge in [0.05, 0.1) is 5.69 Å². The van der Waals surface area contributed by atoms with Crippen LogP contribution >= 0.6 is 0 Å². The second-order valence-corrected chi connectivity index (χ2v) is 5.76. The predicted octanol–water partition coefficient (Wildman–Crippen LogP) is 1.59. The minimum absolute atomic E-state index is 0.0514. The molecule has 0 saturated carbocycles. The number of phenolic OH excluding ortho intramolecular Hbond substituents is 1. The molecule has 1 aromatic carbocycles. The van der Waals surface area contributed by atoms with Crippen LogP contribution in [0.3, 0.4) is 0 Å². The Hall–Kier alpha value is -3.03. The summed E-state index contributed by atoms with van der Waals surface area (Å²) in [5.74, 6) is -0.451. The normalized spacial score (nSPS) is 11.2. The molecule has 3 rings (SSSR count). The highest BCUT2D eigenvalue weighted by molar-refractivity contribution is 6.58. The summed E-state index contributed by atoms with van der Waals surface area (Å²) in [4.78, 5) is 3.53. The van der Waals surface area contributed by atoms with Crippen molar-refractivity contribution in [3.63, 3.8) is 0 Å². The zero-order valence-electron chi connectivity index (χ0n) is 14.3. The van der Waals surface area contributed by atoms with Gasteiger partial charge < -0.3 is 15.2 Å². The molecule has 6 nitrogen and oxygen atoms in total. The summed E-state index contributed by atoms with van der Waals surface area (Å²) in [7, 11) is 17.8. The molecular weight excluding hydrogens is 344 g/mol. The molecular formula is C17H12B3FN4O2. The molecule has 0 bridgehead atoms. The summed E-state index contributed by atoms with van der Waals surface area (Å²) in [5, 5.41) is 19.3. The molecule has 6 radical (unpaired) electrons. The quantitative estimate of drug-likeness (QED) is 0.534. The van der Waals surface area contributed by atoms with Crippen LogP contribution in [0.1, 0.15) is 0 Å². The molecule has 2 N–H and O–H groups in total. The van der Waals surface area contributed by atoms with Crippen molar-refractivity contribution in [2.24, 2.45) is 0 Å². The van der Waals surface area contributed by atoms with Gasteiger partial charge in [-0.2, -0.15) is 9.37 Å². The van der Waals surface area contributed by atoms with Crippen LogP contribution in [0.4, 0.5) is 10.2 Å². The van der Waals surface area contributed by atoms with Gasteiger partial charge in [-0.3, -0.25) is 0 Å². The molecule has 0 fully saturated rings. The van der Waals surface area contributed by atoms with Crippen molar-refractivity contribution >= 4 is 29.4 Å². The molecule has 0 saturated heterocycles. The molecule has 128 valence electrons. The molecule has 27 heavy (non-hydrogen) atoms. The number of hydrogen-bond donors (Lipinski definition) is 2. The third-order valence-corrected chi connectivity index (χ3v) is 3.58. The molecule has 0 amide bonds. The minimum Gasteiger partial charge on any atom is -0.507 e. The van der Waals surface area contributed by atoms with E-state index in [1.54, 1.807) is 31.3 Å². The third kappa shape index (κ3) is 4.58. The van der Waals surface area contributed by atoms with E-state index in [1.165, 1.54) is 18.2 Å². The Balaban J connectivity index is 1.95. The average molecular weight is 356 g/mol. The number of benzene rings is 1. The zero-order chi connectivity index (χ0) is 19.6. The SMILES string of the molecule is [B]C([B])([B])Oc1cc(-c2ccc(-c3ccc(NC)nn3)c(O)c2)cc(F)n1. The molecule has 0 aliphatic rings. The fraction of sp³-hybridized carbons (Fsp3) is 0.118. The van der Waals surface area contributed by atoms with Crippen LogP contribution in [0.5, 0.6) is 11.6 Å². The van der Waals surface area contributed by atoms with E-state index < -0.39 is 11.2 Å². The minimum atomic E-state index is -2.00. The number of pyridine rings is 1. The Morgan fingerprint density at radius 1 is 1.04 bits per heavy atom. The van der Waals surface area contributed by atoms with Gasteiger partial charge in [0.1, 0.15) is 35.1 Å². The van der Waals surface area contributed by atoms with Crippen LogP contribution in [-0.4, -0.2) is 56.2 Å². The maximum absolute atomic E-state index is 13.8. The van der Waals surface area contributed by atoms with Crippen molar-refractivity contribution < 1.29 is 14.2 Å². The zero-order valence-corrected chi connectivity index (χ0v) is 14.3. The van der Waals surface area contributed by atoms with Gasteiger partial charge in [0.25, 0.3) is 0 Å². The average Bonchev–Trinajstić information content (AvgIpc) is 2.60. The summed E-state index contributed by atoms with van der Waals surface area (Å²) in [5.41, 5.74) is 1.87. The lowest BCUT2D eigenvalue weighted by molar-refractivity contribution is 0.300. The fourth-order valence-corrected chi connectivity index (χ4v) is 2.41. The maximum Gasteiger partial charge on any atom is 0.216 e. The largest absolute Gasteiger partial charge is 0.507 e. The Morgan fingerprint density at radius 2 is 1.81 bits per heavy atom. The second-order valence-electron chi connectivity index (χ2n) is 5.76. The van der Waals surface area contributed by atoms with Gasteiger partial charge in [-0.1, -0.05) is 6.07 Å². The van der Waals surface area contributed by atoms with E-state index in [4.69, 9.17) is 28.3 Å². The summed E-state index contributed by atoms with van der Waals surface area (Å²) >= 11 is 0. The Morgan fingerprint density at radius 3 is 2.41 bits per heavy atom. The number of hydrogen-bond acceptors (Lipinski definition) is 6. The lowest BCUT2D eigenvalue weighted by atomic mass is 9.52. The van der Waals surface area contributed by atoms with Gasteiger partial charge in [0, 0.05) is 24.7 Å². The van der Waals surface area contributed by atoms with E-state index in [9.17, 15) is 9.50 Å². The molecule has 2 heterocycles.